The highest BCUT2D eigenvalue weighted by molar-refractivity contribution is 5.52. The molecule has 0 amide bonds. The Morgan fingerprint density at radius 3 is 2.67 bits per heavy atom. The van der Waals surface area contributed by atoms with Crippen molar-refractivity contribution >= 4 is 0 Å². The van der Waals surface area contributed by atoms with Crippen molar-refractivity contribution in [3.05, 3.63) is 35.4 Å². The first kappa shape index (κ1) is 11.6. The SMILES string of the molecule is C=CCc1c(O)cc(C)c(OCC)c1C. The Labute approximate surface area is 91.2 Å². The van der Waals surface area contributed by atoms with Gasteiger partial charge in [-0.1, -0.05) is 6.08 Å². The molecule has 0 bridgehead atoms. The molecule has 1 aromatic rings. The largest absolute Gasteiger partial charge is 0.508 e. The van der Waals surface area contributed by atoms with E-state index in [1.807, 2.05) is 20.8 Å². The minimum Gasteiger partial charge on any atom is -0.508 e. The molecule has 1 rings (SSSR count). The Bertz CT molecular complexity index is 367. The van der Waals surface area contributed by atoms with Gasteiger partial charge in [0.15, 0.2) is 0 Å². The van der Waals surface area contributed by atoms with Crippen molar-refractivity contribution in [1.29, 1.82) is 0 Å². The summed E-state index contributed by atoms with van der Waals surface area (Å²) in [7, 11) is 0. The minimum atomic E-state index is 0.327. The van der Waals surface area contributed by atoms with Gasteiger partial charge in [-0.15, -0.1) is 6.58 Å². The van der Waals surface area contributed by atoms with E-state index < -0.39 is 0 Å². The van der Waals surface area contributed by atoms with Gasteiger partial charge >= 0.3 is 0 Å². The predicted molar refractivity (Wildman–Crippen MR) is 62.7 cm³/mol. The van der Waals surface area contributed by atoms with Crippen molar-refractivity contribution in [1.82, 2.24) is 0 Å². The molecular weight excluding hydrogens is 188 g/mol. The molecule has 0 aliphatic rings. The van der Waals surface area contributed by atoms with E-state index >= 15 is 0 Å². The standard InChI is InChI=1S/C13H18O2/c1-5-7-11-10(4)13(15-6-2)9(3)8-12(11)14/h5,8,14H,1,6-7H2,2-4H3. The van der Waals surface area contributed by atoms with E-state index in [1.165, 1.54) is 0 Å². The summed E-state index contributed by atoms with van der Waals surface area (Å²) < 4.78 is 5.56. The van der Waals surface area contributed by atoms with Gasteiger partial charge in [0.1, 0.15) is 11.5 Å². The van der Waals surface area contributed by atoms with Crippen LogP contribution in [-0.2, 0) is 6.42 Å². The van der Waals surface area contributed by atoms with Gasteiger partial charge in [-0.3, -0.25) is 0 Å². The van der Waals surface area contributed by atoms with Gasteiger partial charge in [-0.25, -0.2) is 0 Å². The number of aromatic hydroxyl groups is 1. The molecule has 2 nitrogen and oxygen atoms in total. The average Bonchev–Trinajstić information content (AvgIpc) is 2.19. The fourth-order valence-corrected chi connectivity index (χ4v) is 1.75. The molecule has 0 saturated carbocycles. The van der Waals surface area contributed by atoms with Gasteiger partial charge in [0.05, 0.1) is 6.61 Å². The molecule has 15 heavy (non-hydrogen) atoms. The van der Waals surface area contributed by atoms with Crippen LogP contribution < -0.4 is 4.74 Å². The number of rotatable bonds is 4. The normalized spacial score (nSPS) is 10.1. The van der Waals surface area contributed by atoms with Gasteiger partial charge in [0.25, 0.3) is 0 Å². The highest BCUT2D eigenvalue weighted by Crippen LogP contribution is 2.33. The van der Waals surface area contributed by atoms with Crippen LogP contribution in [-0.4, -0.2) is 11.7 Å². The number of aryl methyl sites for hydroxylation is 1. The Hall–Kier alpha value is -1.44. The van der Waals surface area contributed by atoms with E-state index in [4.69, 9.17) is 4.74 Å². The van der Waals surface area contributed by atoms with Crippen LogP contribution in [0.15, 0.2) is 18.7 Å². The minimum absolute atomic E-state index is 0.327. The first-order valence-electron chi connectivity index (χ1n) is 5.17. The first-order valence-corrected chi connectivity index (χ1v) is 5.17. The van der Waals surface area contributed by atoms with E-state index in [9.17, 15) is 5.11 Å². The lowest BCUT2D eigenvalue weighted by Crippen LogP contribution is -2.00. The topological polar surface area (TPSA) is 29.5 Å². The summed E-state index contributed by atoms with van der Waals surface area (Å²) in [6, 6.07) is 1.75. The number of ether oxygens (including phenoxy) is 1. The van der Waals surface area contributed by atoms with Crippen molar-refractivity contribution in [2.24, 2.45) is 0 Å². The number of hydrogen-bond acceptors (Lipinski definition) is 2. The van der Waals surface area contributed by atoms with E-state index in [-0.39, 0.29) is 0 Å². The third-order valence-corrected chi connectivity index (χ3v) is 2.45. The smallest absolute Gasteiger partial charge is 0.125 e. The van der Waals surface area contributed by atoms with Gasteiger partial charge in [0.2, 0.25) is 0 Å². The zero-order valence-electron chi connectivity index (χ0n) is 9.63. The molecule has 0 unspecified atom stereocenters. The fourth-order valence-electron chi connectivity index (χ4n) is 1.75. The molecule has 0 spiro atoms. The van der Waals surface area contributed by atoms with Crippen LogP contribution in [0.3, 0.4) is 0 Å². The van der Waals surface area contributed by atoms with Crippen LogP contribution in [0.5, 0.6) is 11.5 Å². The summed E-state index contributed by atoms with van der Waals surface area (Å²) in [5.74, 6) is 1.21. The Morgan fingerprint density at radius 2 is 2.13 bits per heavy atom. The maximum atomic E-state index is 9.79. The summed E-state index contributed by atoms with van der Waals surface area (Å²) in [6.45, 7) is 10.2. The summed E-state index contributed by atoms with van der Waals surface area (Å²) in [6.07, 6.45) is 2.45. The summed E-state index contributed by atoms with van der Waals surface area (Å²) in [5.41, 5.74) is 2.88. The van der Waals surface area contributed by atoms with Gasteiger partial charge < -0.3 is 9.84 Å². The lowest BCUT2D eigenvalue weighted by Gasteiger charge is -2.15. The van der Waals surface area contributed by atoms with E-state index in [0.717, 1.165) is 22.4 Å². The second-order valence-electron chi connectivity index (χ2n) is 3.57. The number of benzene rings is 1. The summed E-state index contributed by atoms with van der Waals surface area (Å²) in [4.78, 5) is 0. The van der Waals surface area contributed by atoms with Crippen molar-refractivity contribution in [2.45, 2.75) is 27.2 Å². The molecule has 1 N–H and O–H groups in total. The molecule has 1 aromatic carbocycles. The molecule has 0 aliphatic carbocycles. The molecule has 0 aliphatic heterocycles. The highest BCUT2D eigenvalue weighted by Gasteiger charge is 2.12. The Morgan fingerprint density at radius 1 is 1.47 bits per heavy atom. The monoisotopic (exact) mass is 206 g/mol. The van der Waals surface area contributed by atoms with Crippen molar-refractivity contribution < 1.29 is 9.84 Å². The maximum Gasteiger partial charge on any atom is 0.125 e. The van der Waals surface area contributed by atoms with Crippen LogP contribution in [0.25, 0.3) is 0 Å². The molecule has 0 saturated heterocycles. The zero-order chi connectivity index (χ0) is 11.4. The van der Waals surface area contributed by atoms with Gasteiger partial charge in [-0.2, -0.15) is 0 Å². The van der Waals surface area contributed by atoms with Crippen molar-refractivity contribution in [3.8, 4) is 11.5 Å². The summed E-state index contributed by atoms with van der Waals surface area (Å²) in [5, 5.41) is 9.79. The zero-order valence-corrected chi connectivity index (χ0v) is 9.63. The average molecular weight is 206 g/mol. The third-order valence-electron chi connectivity index (χ3n) is 2.45. The third kappa shape index (κ3) is 2.32. The highest BCUT2D eigenvalue weighted by atomic mass is 16.5. The van der Waals surface area contributed by atoms with Crippen LogP contribution in [0.1, 0.15) is 23.6 Å². The second-order valence-corrected chi connectivity index (χ2v) is 3.57. The molecule has 0 heterocycles. The number of allylic oxidation sites excluding steroid dienone is 1. The van der Waals surface area contributed by atoms with E-state index in [0.29, 0.717) is 18.8 Å². The Balaban J connectivity index is 3.27. The second kappa shape index (κ2) is 4.87. The van der Waals surface area contributed by atoms with Crippen LogP contribution in [0.2, 0.25) is 0 Å². The van der Waals surface area contributed by atoms with Crippen LogP contribution in [0.4, 0.5) is 0 Å². The molecule has 82 valence electrons. The Kier molecular flexibility index (Phi) is 3.78. The lowest BCUT2D eigenvalue weighted by atomic mass is 10.00. The van der Waals surface area contributed by atoms with Gasteiger partial charge in [0, 0.05) is 5.56 Å². The molecular formula is C13H18O2. The molecule has 0 radical (unpaired) electrons. The fraction of sp³-hybridized carbons (Fsp3) is 0.385. The molecule has 0 aromatic heterocycles. The number of phenolic OH excluding ortho intramolecular Hbond substituents is 1. The lowest BCUT2D eigenvalue weighted by molar-refractivity contribution is 0.334. The first-order chi connectivity index (χ1) is 7.11. The number of phenols is 1. The summed E-state index contributed by atoms with van der Waals surface area (Å²) >= 11 is 0. The predicted octanol–water partition coefficient (Wildman–Crippen LogP) is 3.14. The van der Waals surface area contributed by atoms with Crippen molar-refractivity contribution in [3.63, 3.8) is 0 Å². The van der Waals surface area contributed by atoms with E-state index in [2.05, 4.69) is 6.58 Å². The van der Waals surface area contributed by atoms with E-state index in [1.54, 1.807) is 12.1 Å². The van der Waals surface area contributed by atoms with Gasteiger partial charge in [-0.05, 0) is 44.4 Å². The van der Waals surface area contributed by atoms with Crippen LogP contribution in [0, 0.1) is 13.8 Å². The molecule has 2 heteroatoms. The molecule has 0 atom stereocenters. The maximum absolute atomic E-state index is 9.79. The quantitative estimate of drug-likeness (QED) is 0.767. The van der Waals surface area contributed by atoms with Crippen molar-refractivity contribution in [2.75, 3.05) is 6.61 Å². The van der Waals surface area contributed by atoms with Crippen LogP contribution >= 0.6 is 0 Å². The molecule has 0 fully saturated rings. The number of hydrogen-bond donors (Lipinski definition) is 1.